The lowest BCUT2D eigenvalue weighted by Gasteiger charge is -2.20. The number of ether oxygens (including phenoxy) is 1. The van der Waals surface area contributed by atoms with Crippen LogP contribution in [0, 0.1) is 0 Å². The summed E-state index contributed by atoms with van der Waals surface area (Å²) in [6, 6.07) is 10.4. The fourth-order valence-corrected chi connectivity index (χ4v) is 3.15. The highest BCUT2D eigenvalue weighted by Gasteiger charge is 2.24. The zero-order valence-electron chi connectivity index (χ0n) is 13.5. The Morgan fingerprint density at radius 2 is 2.04 bits per heavy atom. The average Bonchev–Trinajstić information content (AvgIpc) is 3.29. The molecule has 6 heteroatoms. The SMILES string of the molecule is COc1ccc2[nH]cc(C(c3cccc(O)c3O)n3ccnc3)c2c1. The molecule has 1 unspecified atom stereocenters. The second kappa shape index (κ2) is 5.90. The van der Waals surface area contributed by atoms with Crippen molar-refractivity contribution in [3.63, 3.8) is 0 Å². The molecule has 6 nitrogen and oxygen atoms in total. The van der Waals surface area contributed by atoms with Gasteiger partial charge in [-0.15, -0.1) is 0 Å². The number of benzene rings is 2. The molecular formula is C19H17N3O3. The minimum absolute atomic E-state index is 0.140. The number of nitrogens with one attached hydrogen (secondary N) is 1. The van der Waals surface area contributed by atoms with Crippen molar-refractivity contribution in [3.05, 3.63) is 72.4 Å². The number of H-pyrrole nitrogens is 1. The predicted molar refractivity (Wildman–Crippen MR) is 94.1 cm³/mol. The summed E-state index contributed by atoms with van der Waals surface area (Å²) in [6.07, 6.45) is 7.10. The molecule has 2 heterocycles. The summed E-state index contributed by atoms with van der Waals surface area (Å²) in [4.78, 5) is 7.38. The number of phenols is 2. The lowest BCUT2D eigenvalue weighted by atomic mass is 9.96. The number of aromatic amines is 1. The maximum Gasteiger partial charge on any atom is 0.163 e. The molecule has 25 heavy (non-hydrogen) atoms. The summed E-state index contributed by atoms with van der Waals surface area (Å²) in [7, 11) is 1.63. The van der Waals surface area contributed by atoms with Crippen LogP contribution in [0.15, 0.2) is 61.3 Å². The first-order valence-corrected chi connectivity index (χ1v) is 7.82. The summed E-state index contributed by atoms with van der Waals surface area (Å²) in [5.41, 5.74) is 2.48. The van der Waals surface area contributed by atoms with E-state index in [4.69, 9.17) is 4.74 Å². The van der Waals surface area contributed by atoms with Gasteiger partial charge in [0.1, 0.15) is 5.75 Å². The Morgan fingerprint density at radius 3 is 2.80 bits per heavy atom. The van der Waals surface area contributed by atoms with Crippen LogP contribution in [0.5, 0.6) is 17.2 Å². The molecule has 0 spiro atoms. The molecule has 0 aliphatic rings. The van der Waals surface area contributed by atoms with Gasteiger partial charge in [-0.1, -0.05) is 12.1 Å². The van der Waals surface area contributed by atoms with Gasteiger partial charge in [-0.05, 0) is 24.3 Å². The Labute approximate surface area is 144 Å². The topological polar surface area (TPSA) is 83.3 Å². The Hall–Kier alpha value is -3.41. The molecule has 0 saturated carbocycles. The third-order valence-corrected chi connectivity index (χ3v) is 4.38. The van der Waals surface area contributed by atoms with Crippen LogP contribution < -0.4 is 4.74 Å². The van der Waals surface area contributed by atoms with Crippen molar-refractivity contribution in [1.29, 1.82) is 0 Å². The van der Waals surface area contributed by atoms with Gasteiger partial charge in [-0.3, -0.25) is 0 Å². The minimum atomic E-state index is -0.351. The van der Waals surface area contributed by atoms with Crippen LogP contribution in [-0.4, -0.2) is 31.9 Å². The van der Waals surface area contributed by atoms with Gasteiger partial charge in [0.2, 0.25) is 0 Å². The van der Waals surface area contributed by atoms with E-state index in [0.29, 0.717) is 5.56 Å². The number of aromatic nitrogens is 3. The number of aromatic hydroxyl groups is 2. The van der Waals surface area contributed by atoms with E-state index < -0.39 is 0 Å². The maximum absolute atomic E-state index is 10.4. The van der Waals surface area contributed by atoms with E-state index in [1.165, 1.54) is 6.07 Å². The zero-order chi connectivity index (χ0) is 17.4. The van der Waals surface area contributed by atoms with Crippen molar-refractivity contribution >= 4 is 10.9 Å². The fourth-order valence-electron chi connectivity index (χ4n) is 3.15. The number of fused-ring (bicyclic) bond motifs is 1. The average molecular weight is 335 g/mol. The molecule has 0 radical (unpaired) electrons. The van der Waals surface area contributed by atoms with Crippen molar-refractivity contribution in [2.75, 3.05) is 7.11 Å². The van der Waals surface area contributed by atoms with E-state index in [1.807, 2.05) is 35.2 Å². The van der Waals surface area contributed by atoms with Crippen LogP contribution >= 0.6 is 0 Å². The number of imidazole rings is 1. The molecular weight excluding hydrogens is 318 g/mol. The third-order valence-electron chi connectivity index (χ3n) is 4.38. The van der Waals surface area contributed by atoms with E-state index in [0.717, 1.165) is 22.2 Å². The van der Waals surface area contributed by atoms with E-state index >= 15 is 0 Å². The summed E-state index contributed by atoms with van der Waals surface area (Å²) in [5, 5.41) is 21.3. The normalized spacial score (nSPS) is 12.4. The molecule has 0 bridgehead atoms. The summed E-state index contributed by atoms with van der Waals surface area (Å²) in [5.74, 6) is 0.455. The summed E-state index contributed by atoms with van der Waals surface area (Å²) < 4.78 is 7.23. The summed E-state index contributed by atoms with van der Waals surface area (Å²) in [6.45, 7) is 0. The van der Waals surface area contributed by atoms with Crippen molar-refractivity contribution in [1.82, 2.24) is 14.5 Å². The van der Waals surface area contributed by atoms with Crippen molar-refractivity contribution < 1.29 is 14.9 Å². The molecule has 3 N–H and O–H groups in total. The first-order chi connectivity index (χ1) is 12.2. The molecule has 0 fully saturated rings. The van der Waals surface area contributed by atoms with Crippen molar-refractivity contribution in [3.8, 4) is 17.2 Å². The highest BCUT2D eigenvalue weighted by molar-refractivity contribution is 5.85. The fraction of sp³-hybridized carbons (Fsp3) is 0.105. The Morgan fingerprint density at radius 1 is 1.16 bits per heavy atom. The van der Waals surface area contributed by atoms with E-state index in [-0.39, 0.29) is 17.5 Å². The monoisotopic (exact) mass is 335 g/mol. The molecule has 2 aromatic carbocycles. The Kier molecular flexibility index (Phi) is 3.57. The standard InChI is InChI=1S/C19H17N3O3/c1-25-12-5-6-16-14(9-12)15(10-21-16)18(22-8-7-20-11-22)13-3-2-4-17(23)19(13)24/h2-11,18,21,23-24H,1H3. The first kappa shape index (κ1) is 15.1. The van der Waals surface area contributed by atoms with E-state index in [1.54, 1.807) is 31.8 Å². The smallest absolute Gasteiger partial charge is 0.163 e. The number of rotatable bonds is 4. The highest BCUT2D eigenvalue weighted by Crippen LogP contribution is 2.40. The molecule has 1 atom stereocenters. The number of hydrogen-bond acceptors (Lipinski definition) is 4. The maximum atomic E-state index is 10.4. The van der Waals surface area contributed by atoms with Crippen molar-refractivity contribution in [2.24, 2.45) is 0 Å². The van der Waals surface area contributed by atoms with Gasteiger partial charge in [0.25, 0.3) is 0 Å². The quantitative estimate of drug-likeness (QED) is 0.499. The third kappa shape index (κ3) is 2.48. The predicted octanol–water partition coefficient (Wildman–Crippen LogP) is 3.42. The van der Waals surface area contributed by atoms with Gasteiger partial charge in [-0.2, -0.15) is 0 Å². The molecule has 0 saturated heterocycles. The molecule has 4 aromatic rings. The molecule has 0 amide bonds. The van der Waals surface area contributed by atoms with E-state index in [9.17, 15) is 10.2 Å². The number of phenolic OH excluding ortho intramolecular Hbond substituents is 2. The largest absolute Gasteiger partial charge is 0.504 e. The van der Waals surface area contributed by atoms with E-state index in [2.05, 4.69) is 9.97 Å². The van der Waals surface area contributed by atoms with Gasteiger partial charge < -0.3 is 24.5 Å². The Balaban J connectivity index is 1.98. The lowest BCUT2D eigenvalue weighted by Crippen LogP contribution is -2.10. The Bertz CT molecular complexity index is 1020. The van der Waals surface area contributed by atoms with Gasteiger partial charge >= 0.3 is 0 Å². The van der Waals surface area contributed by atoms with Crippen LogP contribution in [0.3, 0.4) is 0 Å². The second-order valence-corrected chi connectivity index (χ2v) is 5.78. The molecule has 2 aromatic heterocycles. The molecule has 0 aliphatic heterocycles. The van der Waals surface area contributed by atoms with Gasteiger partial charge in [0, 0.05) is 40.6 Å². The van der Waals surface area contributed by atoms with Crippen LogP contribution in [0.2, 0.25) is 0 Å². The number of methoxy groups -OCH3 is 1. The lowest BCUT2D eigenvalue weighted by molar-refractivity contribution is 0.395. The van der Waals surface area contributed by atoms with Crippen LogP contribution in [0.1, 0.15) is 17.2 Å². The number of nitrogens with zero attached hydrogens (tertiary/aromatic N) is 2. The van der Waals surface area contributed by atoms with Gasteiger partial charge in [0.05, 0.1) is 19.5 Å². The minimum Gasteiger partial charge on any atom is -0.504 e. The first-order valence-electron chi connectivity index (χ1n) is 7.82. The summed E-state index contributed by atoms with van der Waals surface area (Å²) >= 11 is 0. The van der Waals surface area contributed by atoms with Crippen LogP contribution in [-0.2, 0) is 0 Å². The molecule has 4 rings (SSSR count). The van der Waals surface area contributed by atoms with Gasteiger partial charge in [0.15, 0.2) is 11.5 Å². The highest BCUT2D eigenvalue weighted by atomic mass is 16.5. The number of hydrogen-bond donors (Lipinski definition) is 3. The van der Waals surface area contributed by atoms with Crippen LogP contribution in [0.4, 0.5) is 0 Å². The molecule has 126 valence electrons. The molecule has 0 aliphatic carbocycles. The van der Waals surface area contributed by atoms with Crippen LogP contribution in [0.25, 0.3) is 10.9 Å². The second-order valence-electron chi connectivity index (χ2n) is 5.78. The zero-order valence-corrected chi connectivity index (χ0v) is 13.5. The number of para-hydroxylation sites is 1. The van der Waals surface area contributed by atoms with Gasteiger partial charge in [-0.25, -0.2) is 4.98 Å². The van der Waals surface area contributed by atoms with Crippen molar-refractivity contribution in [2.45, 2.75) is 6.04 Å².